The van der Waals surface area contributed by atoms with Crippen LogP contribution < -0.4 is 0 Å². The topological polar surface area (TPSA) is 0 Å². The lowest BCUT2D eigenvalue weighted by molar-refractivity contribution is -0.138. The van der Waals surface area contributed by atoms with E-state index in [1.165, 1.54) is 6.07 Å². The van der Waals surface area contributed by atoms with Gasteiger partial charge in [-0.15, -0.1) is 0 Å². The summed E-state index contributed by atoms with van der Waals surface area (Å²) in [5, 5.41) is 0. The SMILES string of the molecule is CC.Cc1ccc(C2CC2)c(C(F)(F)F)c1. The van der Waals surface area contributed by atoms with Crippen molar-refractivity contribution in [1.29, 1.82) is 0 Å². The molecule has 0 spiro atoms. The van der Waals surface area contributed by atoms with Crippen LogP contribution >= 0.6 is 0 Å². The van der Waals surface area contributed by atoms with Gasteiger partial charge in [0.05, 0.1) is 5.56 Å². The predicted octanol–water partition coefficient (Wildman–Crippen LogP) is 4.92. The maximum atomic E-state index is 12.6. The average Bonchev–Trinajstić information content (AvgIpc) is 3.03. The van der Waals surface area contributed by atoms with Crippen LogP contribution in [0.3, 0.4) is 0 Å². The van der Waals surface area contributed by atoms with Gasteiger partial charge in [-0.25, -0.2) is 0 Å². The van der Waals surface area contributed by atoms with Crippen molar-refractivity contribution < 1.29 is 13.2 Å². The molecule has 0 atom stereocenters. The summed E-state index contributed by atoms with van der Waals surface area (Å²) >= 11 is 0. The number of aryl methyl sites for hydroxylation is 1. The van der Waals surface area contributed by atoms with Crippen LogP contribution in [-0.4, -0.2) is 0 Å². The van der Waals surface area contributed by atoms with E-state index in [2.05, 4.69) is 0 Å². The van der Waals surface area contributed by atoms with Gasteiger partial charge in [-0.1, -0.05) is 31.5 Å². The first-order valence-corrected chi connectivity index (χ1v) is 5.66. The molecule has 0 unspecified atom stereocenters. The smallest absolute Gasteiger partial charge is 0.166 e. The molecule has 1 aromatic rings. The maximum absolute atomic E-state index is 12.6. The molecule has 16 heavy (non-hydrogen) atoms. The van der Waals surface area contributed by atoms with Gasteiger partial charge < -0.3 is 0 Å². The minimum absolute atomic E-state index is 0.146. The lowest BCUT2D eigenvalue weighted by atomic mass is 10.0. The van der Waals surface area contributed by atoms with Crippen molar-refractivity contribution in [2.45, 2.75) is 45.7 Å². The Bertz CT molecular complexity index is 349. The second-order valence-corrected chi connectivity index (χ2v) is 3.86. The zero-order valence-electron chi connectivity index (χ0n) is 9.86. The van der Waals surface area contributed by atoms with E-state index in [0.29, 0.717) is 11.1 Å². The third-order valence-corrected chi connectivity index (χ3v) is 2.53. The second kappa shape index (κ2) is 4.89. The Morgan fingerprint density at radius 3 is 2.12 bits per heavy atom. The van der Waals surface area contributed by atoms with E-state index in [4.69, 9.17) is 0 Å². The van der Waals surface area contributed by atoms with E-state index in [1.807, 2.05) is 13.8 Å². The van der Waals surface area contributed by atoms with E-state index in [9.17, 15) is 13.2 Å². The molecule has 3 heteroatoms. The number of alkyl halides is 3. The molecule has 0 N–H and O–H groups in total. The molecule has 0 saturated heterocycles. The summed E-state index contributed by atoms with van der Waals surface area (Å²) in [5.41, 5.74) is 0.699. The monoisotopic (exact) mass is 230 g/mol. The summed E-state index contributed by atoms with van der Waals surface area (Å²) in [6.45, 7) is 5.69. The number of halogens is 3. The largest absolute Gasteiger partial charge is 0.416 e. The zero-order valence-corrected chi connectivity index (χ0v) is 9.86. The summed E-state index contributed by atoms with van der Waals surface area (Å²) in [6.07, 6.45) is -2.41. The highest BCUT2D eigenvalue weighted by molar-refractivity contribution is 5.38. The predicted molar refractivity (Wildman–Crippen MR) is 59.5 cm³/mol. The molecule has 90 valence electrons. The van der Waals surface area contributed by atoms with Crippen molar-refractivity contribution in [3.8, 4) is 0 Å². The second-order valence-electron chi connectivity index (χ2n) is 3.86. The lowest BCUT2D eigenvalue weighted by Crippen LogP contribution is -2.08. The van der Waals surface area contributed by atoms with E-state index < -0.39 is 11.7 Å². The molecule has 0 aromatic heterocycles. The van der Waals surface area contributed by atoms with Gasteiger partial charge in [0.15, 0.2) is 0 Å². The molecular formula is C13H17F3. The lowest BCUT2D eigenvalue weighted by Gasteiger charge is -2.12. The van der Waals surface area contributed by atoms with Gasteiger partial charge in [0.1, 0.15) is 0 Å². The number of hydrogen-bond acceptors (Lipinski definition) is 0. The standard InChI is InChI=1S/C11H11F3.C2H6/c1-7-2-5-9(8-3-4-8)10(6-7)11(12,13)14;1-2/h2,5-6,8H,3-4H2,1H3;1-2H3. The minimum atomic E-state index is -4.20. The van der Waals surface area contributed by atoms with E-state index in [1.54, 1.807) is 19.1 Å². The highest BCUT2D eigenvalue weighted by Gasteiger charge is 2.37. The fourth-order valence-electron chi connectivity index (χ4n) is 1.67. The van der Waals surface area contributed by atoms with Crippen LogP contribution in [0.15, 0.2) is 18.2 Å². The van der Waals surface area contributed by atoms with Crippen molar-refractivity contribution >= 4 is 0 Å². The van der Waals surface area contributed by atoms with Gasteiger partial charge in [-0.3, -0.25) is 0 Å². The van der Waals surface area contributed by atoms with Crippen molar-refractivity contribution in [1.82, 2.24) is 0 Å². The first-order valence-electron chi connectivity index (χ1n) is 5.66. The Morgan fingerprint density at radius 1 is 1.12 bits per heavy atom. The van der Waals surface area contributed by atoms with Gasteiger partial charge in [0.2, 0.25) is 0 Å². The third kappa shape index (κ3) is 3.00. The van der Waals surface area contributed by atoms with Crippen LogP contribution in [0.25, 0.3) is 0 Å². The average molecular weight is 230 g/mol. The van der Waals surface area contributed by atoms with Crippen molar-refractivity contribution in [3.05, 3.63) is 34.9 Å². The Labute approximate surface area is 94.5 Å². The Balaban J connectivity index is 0.000000606. The molecule has 0 amide bonds. The molecule has 1 aromatic carbocycles. The summed E-state index contributed by atoms with van der Waals surface area (Å²) in [5.74, 6) is 0.146. The van der Waals surface area contributed by atoms with Gasteiger partial charge in [-0.2, -0.15) is 13.2 Å². The quantitative estimate of drug-likeness (QED) is 0.642. The van der Waals surface area contributed by atoms with Crippen LogP contribution in [-0.2, 0) is 6.18 Å². The molecule has 1 aliphatic rings. The van der Waals surface area contributed by atoms with Crippen LogP contribution in [0, 0.1) is 6.92 Å². The molecule has 2 rings (SSSR count). The highest BCUT2D eigenvalue weighted by atomic mass is 19.4. The van der Waals surface area contributed by atoms with Crippen molar-refractivity contribution in [3.63, 3.8) is 0 Å². The van der Waals surface area contributed by atoms with Crippen molar-refractivity contribution in [2.75, 3.05) is 0 Å². The minimum Gasteiger partial charge on any atom is -0.166 e. The van der Waals surface area contributed by atoms with Crippen LogP contribution in [0.4, 0.5) is 13.2 Å². The number of benzene rings is 1. The third-order valence-electron chi connectivity index (χ3n) is 2.53. The van der Waals surface area contributed by atoms with E-state index in [0.717, 1.165) is 12.8 Å². The van der Waals surface area contributed by atoms with Gasteiger partial charge in [0, 0.05) is 0 Å². The van der Waals surface area contributed by atoms with Gasteiger partial charge in [0.25, 0.3) is 0 Å². The number of hydrogen-bond donors (Lipinski definition) is 0. The van der Waals surface area contributed by atoms with Crippen LogP contribution in [0.1, 0.15) is 49.3 Å². The van der Waals surface area contributed by atoms with E-state index in [-0.39, 0.29) is 5.92 Å². The summed E-state index contributed by atoms with van der Waals surface area (Å²) in [6, 6.07) is 4.62. The molecular weight excluding hydrogens is 213 g/mol. The summed E-state index contributed by atoms with van der Waals surface area (Å²) < 4.78 is 37.8. The zero-order chi connectivity index (χ0) is 12.3. The molecule has 0 nitrogen and oxygen atoms in total. The molecule has 0 radical (unpaired) electrons. The molecule has 0 bridgehead atoms. The van der Waals surface area contributed by atoms with Crippen LogP contribution in [0.2, 0.25) is 0 Å². The molecule has 1 aliphatic carbocycles. The first kappa shape index (κ1) is 13.1. The van der Waals surface area contributed by atoms with Gasteiger partial charge >= 0.3 is 6.18 Å². The van der Waals surface area contributed by atoms with E-state index >= 15 is 0 Å². The summed E-state index contributed by atoms with van der Waals surface area (Å²) in [4.78, 5) is 0. The first-order chi connectivity index (χ1) is 7.48. The number of rotatable bonds is 1. The fraction of sp³-hybridized carbons (Fsp3) is 0.538. The normalized spacial score (nSPS) is 15.4. The maximum Gasteiger partial charge on any atom is 0.416 e. The Morgan fingerprint density at radius 2 is 1.69 bits per heavy atom. The Hall–Kier alpha value is -0.990. The molecule has 0 heterocycles. The van der Waals surface area contributed by atoms with Crippen molar-refractivity contribution in [2.24, 2.45) is 0 Å². The fourth-order valence-corrected chi connectivity index (χ4v) is 1.67. The Kier molecular flexibility index (Phi) is 4.00. The molecule has 1 fully saturated rings. The van der Waals surface area contributed by atoms with Gasteiger partial charge in [-0.05, 0) is 37.3 Å². The molecule has 1 saturated carbocycles. The summed E-state index contributed by atoms with van der Waals surface area (Å²) in [7, 11) is 0. The highest BCUT2D eigenvalue weighted by Crippen LogP contribution is 2.45. The molecule has 0 aliphatic heterocycles. The van der Waals surface area contributed by atoms with Crippen LogP contribution in [0.5, 0.6) is 0 Å².